The molecule has 10 nitrogen and oxygen atoms in total. The minimum absolute atomic E-state index is 0.198. The summed E-state index contributed by atoms with van der Waals surface area (Å²) in [6.45, 7) is 2.47. The van der Waals surface area contributed by atoms with Crippen molar-refractivity contribution in [2.45, 2.75) is 43.1 Å². The van der Waals surface area contributed by atoms with E-state index in [1.807, 2.05) is 17.0 Å². The monoisotopic (exact) mass is 699 g/mol. The van der Waals surface area contributed by atoms with E-state index in [9.17, 15) is 27.2 Å². The molecule has 2 unspecified atom stereocenters. The Kier molecular flexibility index (Phi) is 9.22. The summed E-state index contributed by atoms with van der Waals surface area (Å²) in [4.78, 5) is 43.0. The molecule has 1 aromatic heterocycles. The topological polar surface area (TPSA) is 112 Å². The molecule has 0 saturated carbocycles. The van der Waals surface area contributed by atoms with Gasteiger partial charge in [-0.1, -0.05) is 54.1 Å². The maximum absolute atomic E-state index is 16.0. The third kappa shape index (κ3) is 6.63. The molecule has 2 aliphatic heterocycles. The van der Waals surface area contributed by atoms with Crippen LogP contribution >= 0.6 is 11.6 Å². The largest absolute Gasteiger partial charge is 0.369 e. The van der Waals surface area contributed by atoms with Gasteiger partial charge in [0.1, 0.15) is 18.8 Å². The Balaban J connectivity index is 1.19. The second-order valence-corrected chi connectivity index (χ2v) is 15.0. The van der Waals surface area contributed by atoms with Gasteiger partial charge >= 0.3 is 0 Å². The normalized spacial score (nSPS) is 24.9. The summed E-state index contributed by atoms with van der Waals surface area (Å²) in [7, 11) is -3.29. The van der Waals surface area contributed by atoms with Crippen molar-refractivity contribution < 1.29 is 31.6 Å². The van der Waals surface area contributed by atoms with Crippen molar-refractivity contribution >= 4 is 55.8 Å². The Hall–Kier alpha value is -4.07. The number of rotatable bonds is 8. The van der Waals surface area contributed by atoms with E-state index in [1.54, 1.807) is 59.3 Å². The minimum Gasteiger partial charge on any atom is -0.369 e. The summed E-state index contributed by atoms with van der Waals surface area (Å²) in [5.41, 5.74) is 2.21. The van der Waals surface area contributed by atoms with Crippen LogP contribution in [0.15, 0.2) is 78.7 Å². The zero-order valence-electron chi connectivity index (χ0n) is 26.5. The molecule has 254 valence electrons. The number of halogens is 3. The first-order valence-corrected chi connectivity index (χ1v) is 17.9. The smallest absolute Gasteiger partial charge is 0.247 e. The summed E-state index contributed by atoms with van der Waals surface area (Å²) in [5, 5.41) is 0.658. The van der Waals surface area contributed by atoms with Gasteiger partial charge in [-0.3, -0.25) is 14.4 Å². The molecule has 2 amide bonds. The van der Waals surface area contributed by atoms with Crippen LogP contribution < -0.4 is 10.2 Å². The van der Waals surface area contributed by atoms with Crippen LogP contribution in [0.2, 0.25) is 0 Å². The predicted molar refractivity (Wildman–Crippen MR) is 180 cm³/mol. The van der Waals surface area contributed by atoms with Crippen molar-refractivity contribution in [1.82, 2.24) is 19.1 Å². The number of carbonyl (C=O) groups excluding carboxylic acids is 3. The lowest BCUT2D eigenvalue weighted by Gasteiger charge is -2.34. The van der Waals surface area contributed by atoms with Crippen molar-refractivity contribution in [2.75, 3.05) is 43.9 Å². The van der Waals surface area contributed by atoms with E-state index in [2.05, 4.69) is 5.32 Å². The number of aromatic nitrogens is 1. The van der Waals surface area contributed by atoms with Crippen LogP contribution in [0.25, 0.3) is 10.9 Å². The summed E-state index contributed by atoms with van der Waals surface area (Å²) in [6, 6.07) is 13.0. The molecule has 0 bridgehead atoms. The second-order valence-electron chi connectivity index (χ2n) is 12.4. The number of piperazine rings is 1. The average molecular weight is 700 g/mol. The van der Waals surface area contributed by atoms with E-state index in [0.29, 0.717) is 48.2 Å². The van der Waals surface area contributed by atoms with Gasteiger partial charge in [-0.15, -0.1) is 0 Å². The van der Waals surface area contributed by atoms with Gasteiger partial charge in [0.15, 0.2) is 5.78 Å². The molecule has 3 aliphatic rings. The van der Waals surface area contributed by atoms with Gasteiger partial charge in [-0.2, -0.15) is 4.31 Å². The van der Waals surface area contributed by atoms with Crippen LogP contribution in [0.5, 0.6) is 0 Å². The molecule has 0 spiro atoms. The SMILES string of the molecule is CC(=O)c1cn(CC(=O)N2C[C@H](F)C[C@H]2C(=O)NC2=CC=CC(c3ccccc3)C2(F)Cl)c2ccc(N3CCN(S(C)(=O)=O)CC3)cc12. The van der Waals surface area contributed by atoms with Gasteiger partial charge in [0.05, 0.1) is 24.4 Å². The molecule has 14 heteroatoms. The van der Waals surface area contributed by atoms with Gasteiger partial charge in [0, 0.05) is 61.0 Å². The number of fused-ring (bicyclic) bond motifs is 1. The Morgan fingerprint density at radius 1 is 1.06 bits per heavy atom. The number of alkyl halides is 3. The molecule has 2 aromatic carbocycles. The van der Waals surface area contributed by atoms with Gasteiger partial charge in [0.2, 0.25) is 27.0 Å². The average Bonchev–Trinajstić information content (AvgIpc) is 3.62. The number of hydrogen-bond donors (Lipinski definition) is 1. The van der Waals surface area contributed by atoms with E-state index < -0.39 is 45.1 Å². The number of ketones is 1. The lowest BCUT2D eigenvalue weighted by atomic mass is 9.88. The second kappa shape index (κ2) is 13.1. The van der Waals surface area contributed by atoms with Crippen LogP contribution in [0.4, 0.5) is 14.5 Å². The van der Waals surface area contributed by atoms with E-state index in [1.165, 1.54) is 23.6 Å². The Morgan fingerprint density at radius 2 is 1.77 bits per heavy atom. The first kappa shape index (κ1) is 33.8. The molecule has 3 aromatic rings. The highest BCUT2D eigenvalue weighted by molar-refractivity contribution is 7.88. The van der Waals surface area contributed by atoms with Gasteiger partial charge < -0.3 is 19.7 Å². The number of carbonyl (C=O) groups is 3. The molecule has 1 N–H and O–H groups in total. The minimum atomic E-state index is -3.29. The third-order valence-electron chi connectivity index (χ3n) is 9.23. The van der Waals surface area contributed by atoms with E-state index in [4.69, 9.17) is 11.6 Å². The van der Waals surface area contributed by atoms with E-state index in [0.717, 1.165) is 10.6 Å². The number of amides is 2. The highest BCUT2D eigenvalue weighted by Gasteiger charge is 2.45. The molecule has 2 saturated heterocycles. The van der Waals surface area contributed by atoms with Crippen LogP contribution in [0.1, 0.15) is 35.2 Å². The maximum atomic E-state index is 16.0. The Bertz CT molecular complexity index is 1920. The first-order chi connectivity index (χ1) is 22.7. The number of sulfonamides is 1. The summed E-state index contributed by atoms with van der Waals surface area (Å²) >= 11 is 6.38. The number of nitrogens with zero attached hydrogens (tertiary/aromatic N) is 4. The fourth-order valence-electron chi connectivity index (χ4n) is 6.70. The van der Waals surface area contributed by atoms with Gasteiger partial charge in [-0.05, 0) is 36.8 Å². The van der Waals surface area contributed by atoms with Crippen molar-refractivity contribution in [3.8, 4) is 0 Å². The molecule has 4 atom stereocenters. The van der Waals surface area contributed by atoms with Crippen molar-refractivity contribution in [1.29, 1.82) is 0 Å². The molecule has 2 fully saturated rings. The highest BCUT2D eigenvalue weighted by atomic mass is 35.5. The van der Waals surface area contributed by atoms with E-state index >= 15 is 4.39 Å². The fourth-order valence-corrected chi connectivity index (χ4v) is 7.84. The predicted octanol–water partition coefficient (Wildman–Crippen LogP) is 4.12. The zero-order valence-corrected chi connectivity index (χ0v) is 28.1. The number of benzene rings is 2. The van der Waals surface area contributed by atoms with Crippen LogP contribution in [0, 0.1) is 0 Å². The molecule has 0 radical (unpaired) electrons. The number of likely N-dealkylation sites (tertiary alicyclic amines) is 1. The summed E-state index contributed by atoms with van der Waals surface area (Å²) in [6.07, 6.45) is 5.58. The van der Waals surface area contributed by atoms with Crippen molar-refractivity contribution in [3.63, 3.8) is 0 Å². The van der Waals surface area contributed by atoms with Gasteiger partial charge in [0.25, 0.3) is 0 Å². The molecular formula is C34H36ClF2N5O5S. The van der Waals surface area contributed by atoms with Crippen molar-refractivity contribution in [2.24, 2.45) is 0 Å². The molecule has 6 rings (SSSR count). The Morgan fingerprint density at radius 3 is 2.44 bits per heavy atom. The standard InChI is InChI=1S/C34H36ClF2N5O5S/c1-22(43)27-20-40(29-12-11-25(18-26(27)29)39-13-15-41(16-14-39)48(2,46)47)21-32(44)42-19-24(36)17-30(42)33(45)38-31-10-6-9-28(34(31,35)37)23-7-4-3-5-8-23/h3-12,18,20,24,28,30H,13-17,19,21H2,1-2H3,(H,38,45)/t24-,28?,30+,34?/m1/s1. The summed E-state index contributed by atoms with van der Waals surface area (Å²) in [5.74, 6) is -2.39. The molecular weight excluding hydrogens is 664 g/mol. The number of anilines is 1. The number of hydrogen-bond acceptors (Lipinski definition) is 6. The molecule has 3 heterocycles. The van der Waals surface area contributed by atoms with Crippen LogP contribution in [-0.2, 0) is 26.2 Å². The van der Waals surface area contributed by atoms with E-state index in [-0.39, 0.29) is 31.0 Å². The Labute approximate surface area is 282 Å². The molecule has 48 heavy (non-hydrogen) atoms. The fraction of sp³-hybridized carbons (Fsp3) is 0.382. The number of nitrogens with one attached hydrogen (secondary N) is 1. The highest BCUT2D eigenvalue weighted by Crippen LogP contribution is 2.43. The maximum Gasteiger partial charge on any atom is 0.247 e. The van der Waals surface area contributed by atoms with Crippen molar-refractivity contribution in [3.05, 3.63) is 89.8 Å². The number of Topliss-reactive ketones (excluding diaryl/α,β-unsaturated/α-hetero) is 1. The van der Waals surface area contributed by atoms with Crippen LogP contribution in [0.3, 0.4) is 0 Å². The number of allylic oxidation sites excluding steroid dienone is 4. The summed E-state index contributed by atoms with van der Waals surface area (Å²) < 4.78 is 57.7. The lowest BCUT2D eigenvalue weighted by Crippen LogP contribution is -2.49. The zero-order chi connectivity index (χ0) is 34.4. The first-order valence-electron chi connectivity index (χ1n) is 15.6. The molecule has 1 aliphatic carbocycles. The van der Waals surface area contributed by atoms with Crippen LogP contribution in [-0.4, -0.2) is 96.1 Å². The third-order valence-corrected chi connectivity index (χ3v) is 11.0. The lowest BCUT2D eigenvalue weighted by molar-refractivity contribution is -0.138. The quantitative estimate of drug-likeness (QED) is 0.280. The van der Waals surface area contributed by atoms with Gasteiger partial charge in [-0.25, -0.2) is 17.2 Å².